The van der Waals surface area contributed by atoms with E-state index in [1.807, 2.05) is 0 Å². The molecule has 1 atom stereocenters. The van der Waals surface area contributed by atoms with Crippen molar-refractivity contribution in [2.24, 2.45) is 0 Å². The molecule has 2 aliphatic rings. The van der Waals surface area contributed by atoms with Gasteiger partial charge >= 0.3 is 0 Å². The molecule has 0 spiro atoms. The summed E-state index contributed by atoms with van der Waals surface area (Å²) in [5, 5.41) is 0. The summed E-state index contributed by atoms with van der Waals surface area (Å²) >= 11 is 0. The minimum Gasteiger partial charge on any atom is -0.383 e. The molecule has 0 aliphatic carbocycles. The summed E-state index contributed by atoms with van der Waals surface area (Å²) in [6.07, 6.45) is 2.82. The van der Waals surface area contributed by atoms with Crippen LogP contribution in [0, 0.1) is 5.82 Å². The van der Waals surface area contributed by atoms with Gasteiger partial charge in [0, 0.05) is 38.8 Å². The summed E-state index contributed by atoms with van der Waals surface area (Å²) in [5.41, 5.74) is 9.23. The van der Waals surface area contributed by atoms with Gasteiger partial charge in [-0.15, -0.1) is 0 Å². The summed E-state index contributed by atoms with van der Waals surface area (Å²) in [4.78, 5) is 16.2. The smallest absolute Gasteiger partial charge is 0.142 e. The minimum absolute atomic E-state index is 0.270. The molecule has 32 heavy (non-hydrogen) atoms. The summed E-state index contributed by atoms with van der Waals surface area (Å²) in [6, 6.07) is 17.6. The first kappa shape index (κ1) is 20.8. The first-order chi connectivity index (χ1) is 15.7. The Labute approximate surface area is 188 Å². The second kappa shape index (κ2) is 9.22. The second-order valence-corrected chi connectivity index (χ2v) is 8.57. The fourth-order valence-electron chi connectivity index (χ4n) is 4.68. The van der Waals surface area contributed by atoms with E-state index in [2.05, 4.69) is 55.0 Å². The SMILES string of the molecule is Nc1ncnc(N2CCN(C(CN3CCC3)c3ccccc3)CC2)c1-c1ccc(F)cc1. The van der Waals surface area contributed by atoms with Crippen molar-refractivity contribution in [2.45, 2.75) is 12.5 Å². The Hall–Kier alpha value is -3.03. The zero-order valence-electron chi connectivity index (χ0n) is 18.2. The van der Waals surface area contributed by atoms with Crippen LogP contribution in [0.5, 0.6) is 0 Å². The standard InChI is InChI=1S/C25H29FN6/c26-21-9-7-20(8-10-21)23-24(27)28-18-29-25(23)32-15-13-31(14-16-32)22(17-30-11-4-12-30)19-5-2-1-3-6-19/h1-3,5-10,18,22H,4,11-17H2,(H2,27,28,29). The summed E-state index contributed by atoms with van der Waals surface area (Å²) in [7, 11) is 0. The lowest BCUT2D eigenvalue weighted by Gasteiger charge is -2.43. The lowest BCUT2D eigenvalue weighted by Crippen LogP contribution is -2.51. The van der Waals surface area contributed by atoms with Crippen LogP contribution in [0.4, 0.5) is 16.0 Å². The van der Waals surface area contributed by atoms with E-state index in [-0.39, 0.29) is 5.82 Å². The number of hydrogen-bond acceptors (Lipinski definition) is 6. The van der Waals surface area contributed by atoms with Crippen molar-refractivity contribution >= 4 is 11.6 Å². The first-order valence-corrected chi connectivity index (χ1v) is 11.3. The highest BCUT2D eigenvalue weighted by Crippen LogP contribution is 2.34. The lowest BCUT2D eigenvalue weighted by molar-refractivity contribution is 0.0966. The van der Waals surface area contributed by atoms with Crippen molar-refractivity contribution < 1.29 is 4.39 Å². The van der Waals surface area contributed by atoms with E-state index in [4.69, 9.17) is 5.73 Å². The number of anilines is 2. The van der Waals surface area contributed by atoms with E-state index in [1.54, 1.807) is 12.1 Å². The van der Waals surface area contributed by atoms with Crippen LogP contribution in [-0.2, 0) is 0 Å². The van der Waals surface area contributed by atoms with Gasteiger partial charge in [0.2, 0.25) is 0 Å². The van der Waals surface area contributed by atoms with E-state index in [0.29, 0.717) is 11.9 Å². The van der Waals surface area contributed by atoms with Crippen LogP contribution in [0.15, 0.2) is 60.9 Å². The molecule has 0 bridgehead atoms. The van der Waals surface area contributed by atoms with E-state index in [1.165, 1.54) is 43.5 Å². The van der Waals surface area contributed by atoms with E-state index in [9.17, 15) is 4.39 Å². The number of nitrogens with zero attached hydrogens (tertiary/aromatic N) is 5. The molecule has 3 aromatic rings. The Morgan fingerprint density at radius 3 is 2.25 bits per heavy atom. The molecule has 5 rings (SSSR count). The zero-order chi connectivity index (χ0) is 21.9. The number of nitrogen functional groups attached to an aromatic ring is 1. The van der Waals surface area contributed by atoms with Crippen molar-refractivity contribution in [3.63, 3.8) is 0 Å². The van der Waals surface area contributed by atoms with Crippen LogP contribution in [0.25, 0.3) is 11.1 Å². The quantitative estimate of drug-likeness (QED) is 0.644. The number of piperazine rings is 1. The molecule has 6 nitrogen and oxygen atoms in total. The van der Waals surface area contributed by atoms with Gasteiger partial charge in [0.05, 0.1) is 5.56 Å². The van der Waals surface area contributed by atoms with E-state index >= 15 is 0 Å². The van der Waals surface area contributed by atoms with Crippen molar-refractivity contribution in [1.82, 2.24) is 19.8 Å². The third kappa shape index (κ3) is 4.31. The second-order valence-electron chi connectivity index (χ2n) is 8.57. The fourth-order valence-corrected chi connectivity index (χ4v) is 4.68. The van der Waals surface area contributed by atoms with E-state index in [0.717, 1.165) is 49.7 Å². The molecule has 0 saturated carbocycles. The Morgan fingerprint density at radius 2 is 1.59 bits per heavy atom. The molecule has 7 heteroatoms. The van der Waals surface area contributed by atoms with Gasteiger partial charge in [-0.1, -0.05) is 42.5 Å². The van der Waals surface area contributed by atoms with Gasteiger partial charge in [-0.3, -0.25) is 4.90 Å². The van der Waals surface area contributed by atoms with E-state index < -0.39 is 0 Å². The monoisotopic (exact) mass is 432 g/mol. The number of aromatic nitrogens is 2. The van der Waals surface area contributed by atoms with Crippen molar-refractivity contribution in [1.29, 1.82) is 0 Å². The number of likely N-dealkylation sites (tertiary alicyclic amines) is 1. The maximum atomic E-state index is 13.5. The molecule has 2 fully saturated rings. The maximum absolute atomic E-state index is 13.5. The van der Waals surface area contributed by atoms with Gasteiger partial charge < -0.3 is 15.5 Å². The summed E-state index contributed by atoms with van der Waals surface area (Å²) < 4.78 is 13.5. The Bertz CT molecular complexity index is 1030. The Morgan fingerprint density at radius 1 is 0.875 bits per heavy atom. The molecule has 0 radical (unpaired) electrons. The molecule has 2 N–H and O–H groups in total. The zero-order valence-corrected chi connectivity index (χ0v) is 18.2. The molecule has 2 aliphatic heterocycles. The average molecular weight is 433 g/mol. The minimum atomic E-state index is -0.270. The summed E-state index contributed by atoms with van der Waals surface area (Å²) in [6.45, 7) is 7.07. The third-order valence-electron chi connectivity index (χ3n) is 6.61. The molecular formula is C25H29FN6. The van der Waals surface area contributed by atoms with Gasteiger partial charge in [-0.05, 0) is 42.8 Å². The molecule has 2 aromatic carbocycles. The van der Waals surface area contributed by atoms with Gasteiger partial charge in [-0.25, -0.2) is 14.4 Å². The third-order valence-corrected chi connectivity index (χ3v) is 6.61. The molecule has 0 amide bonds. The molecule has 2 saturated heterocycles. The summed E-state index contributed by atoms with van der Waals surface area (Å²) in [5.74, 6) is 0.972. The van der Waals surface area contributed by atoms with Crippen LogP contribution in [0.3, 0.4) is 0 Å². The molecule has 1 unspecified atom stereocenters. The van der Waals surface area contributed by atoms with Crippen LogP contribution < -0.4 is 10.6 Å². The highest BCUT2D eigenvalue weighted by molar-refractivity contribution is 5.84. The highest BCUT2D eigenvalue weighted by atomic mass is 19.1. The van der Waals surface area contributed by atoms with Gasteiger partial charge in [0.25, 0.3) is 0 Å². The van der Waals surface area contributed by atoms with Gasteiger partial charge in [0.15, 0.2) is 0 Å². The Kier molecular flexibility index (Phi) is 6.01. The van der Waals surface area contributed by atoms with Crippen molar-refractivity contribution in [3.8, 4) is 11.1 Å². The Balaban J connectivity index is 1.35. The number of benzene rings is 2. The highest BCUT2D eigenvalue weighted by Gasteiger charge is 2.29. The van der Waals surface area contributed by atoms with Crippen LogP contribution in [0.1, 0.15) is 18.0 Å². The maximum Gasteiger partial charge on any atom is 0.142 e. The normalized spacial score (nSPS) is 18.3. The lowest BCUT2D eigenvalue weighted by atomic mass is 10.0. The van der Waals surface area contributed by atoms with Crippen LogP contribution in [-0.4, -0.2) is 65.6 Å². The van der Waals surface area contributed by atoms with Crippen molar-refractivity contribution in [3.05, 3.63) is 72.3 Å². The van der Waals surface area contributed by atoms with Gasteiger partial charge in [-0.2, -0.15) is 0 Å². The molecule has 3 heterocycles. The van der Waals surface area contributed by atoms with Crippen LogP contribution >= 0.6 is 0 Å². The number of hydrogen-bond donors (Lipinski definition) is 1. The predicted octanol–water partition coefficient (Wildman–Crippen LogP) is 3.43. The fraction of sp³-hybridized carbons (Fsp3) is 0.360. The number of rotatable bonds is 6. The molecular weight excluding hydrogens is 403 g/mol. The largest absolute Gasteiger partial charge is 0.383 e. The molecule has 1 aromatic heterocycles. The number of nitrogens with two attached hydrogens (primary N) is 1. The number of halogens is 1. The molecule has 166 valence electrons. The average Bonchev–Trinajstić information content (AvgIpc) is 2.80. The van der Waals surface area contributed by atoms with Crippen molar-refractivity contribution in [2.75, 3.05) is 56.4 Å². The first-order valence-electron chi connectivity index (χ1n) is 11.3. The van der Waals surface area contributed by atoms with Gasteiger partial charge in [0.1, 0.15) is 23.8 Å². The topological polar surface area (TPSA) is 61.5 Å². The predicted molar refractivity (Wildman–Crippen MR) is 126 cm³/mol. The van der Waals surface area contributed by atoms with Crippen LogP contribution in [0.2, 0.25) is 0 Å².